The summed E-state index contributed by atoms with van der Waals surface area (Å²) in [5.74, 6) is 0.0763. The predicted octanol–water partition coefficient (Wildman–Crippen LogP) is 5.37. The average Bonchev–Trinajstić information content (AvgIpc) is 3.25. The second-order valence-electron chi connectivity index (χ2n) is 6.50. The molecule has 1 aromatic heterocycles. The third-order valence-electron chi connectivity index (χ3n) is 4.86. The fourth-order valence-corrected chi connectivity index (χ4v) is 5.71. The molecule has 3 aromatic rings. The smallest absolute Gasteiger partial charge is 0.255 e. The molecule has 2 aliphatic heterocycles. The van der Waals surface area contributed by atoms with Gasteiger partial charge < -0.3 is 4.90 Å². The van der Waals surface area contributed by atoms with Gasteiger partial charge in [0, 0.05) is 16.0 Å². The lowest BCUT2D eigenvalue weighted by molar-refractivity contribution is 0.0760. The molecule has 3 heterocycles. The highest BCUT2D eigenvalue weighted by Crippen LogP contribution is 2.48. The van der Waals surface area contributed by atoms with E-state index in [1.807, 2.05) is 77.0 Å². The molecule has 0 bridgehead atoms. The largest absolute Gasteiger partial charge is 0.317 e. The topological polar surface area (TPSA) is 37.4 Å². The normalized spacial score (nSPS) is 20.1. The number of rotatable bonds is 1. The zero-order valence-corrected chi connectivity index (χ0v) is 15.9. The quantitative estimate of drug-likeness (QED) is 0.525. The Morgan fingerprint density at radius 3 is 2.56 bits per heavy atom. The third-order valence-corrected chi connectivity index (χ3v) is 7.06. The maximum atomic E-state index is 13.3. The molecule has 5 heteroatoms. The Hall–Kier alpha value is -2.63. The zero-order chi connectivity index (χ0) is 18.4. The Morgan fingerprint density at radius 2 is 1.70 bits per heavy atom. The van der Waals surface area contributed by atoms with E-state index in [9.17, 15) is 9.59 Å². The second kappa shape index (κ2) is 6.51. The van der Waals surface area contributed by atoms with E-state index in [1.54, 1.807) is 0 Å². The molecule has 132 valence electrons. The van der Waals surface area contributed by atoms with Gasteiger partial charge in [-0.15, -0.1) is 11.3 Å². The average molecular weight is 390 g/mol. The molecule has 0 saturated carbocycles. The highest BCUT2D eigenvalue weighted by molar-refractivity contribution is 8.04. The van der Waals surface area contributed by atoms with Crippen molar-refractivity contribution in [1.29, 1.82) is 0 Å². The Labute approximate surface area is 165 Å². The third kappa shape index (κ3) is 2.74. The number of hydrogen-bond acceptors (Lipinski definition) is 4. The van der Waals surface area contributed by atoms with Crippen molar-refractivity contribution < 1.29 is 9.59 Å². The van der Waals surface area contributed by atoms with Crippen molar-refractivity contribution in [3.05, 3.63) is 98.1 Å². The van der Waals surface area contributed by atoms with Crippen LogP contribution in [0.2, 0.25) is 0 Å². The van der Waals surface area contributed by atoms with Gasteiger partial charge in [-0.25, -0.2) is 0 Å². The summed E-state index contributed by atoms with van der Waals surface area (Å²) in [6, 6.07) is 19.4. The molecule has 0 aliphatic carbocycles. The van der Waals surface area contributed by atoms with E-state index >= 15 is 0 Å². The summed E-state index contributed by atoms with van der Waals surface area (Å²) in [5, 5.41) is 1.75. The van der Waals surface area contributed by atoms with Crippen LogP contribution in [0.15, 0.2) is 70.9 Å². The molecule has 0 unspecified atom stereocenters. The summed E-state index contributed by atoms with van der Waals surface area (Å²) in [6.07, 6.45) is 1.93. The number of Topliss-reactive ketones (excluding diaryl/α,β-unsaturated/α-hetero) is 1. The maximum Gasteiger partial charge on any atom is 0.255 e. The van der Waals surface area contributed by atoms with Crippen LogP contribution in [0, 0.1) is 0 Å². The minimum absolute atomic E-state index is 0.0378. The first kappa shape index (κ1) is 16.5. The summed E-state index contributed by atoms with van der Waals surface area (Å²) < 4.78 is 0. The molecule has 5 rings (SSSR count). The van der Waals surface area contributed by atoms with Crippen molar-refractivity contribution in [3.8, 4) is 0 Å². The molecule has 3 nitrogen and oxygen atoms in total. The summed E-state index contributed by atoms with van der Waals surface area (Å²) in [4.78, 5) is 29.7. The van der Waals surface area contributed by atoms with Crippen molar-refractivity contribution in [2.24, 2.45) is 0 Å². The van der Waals surface area contributed by atoms with Gasteiger partial charge in [-0.2, -0.15) is 0 Å². The molecule has 0 radical (unpaired) electrons. The maximum absolute atomic E-state index is 13.3. The van der Waals surface area contributed by atoms with E-state index in [4.69, 9.17) is 0 Å². The second-order valence-corrected chi connectivity index (χ2v) is 8.62. The lowest BCUT2D eigenvalue weighted by Gasteiger charge is -2.27. The standard InChI is InChI=1S/C22H15NO2S2/c24-20-17-10-11-26-19(17)13-23-21(25)15-8-4-5-9-16(15)22(23)27-18(20)12-14-6-2-1-3-7-14/h1-12,22H,13H2/b18-12-/t22-/m0/s1. The van der Waals surface area contributed by atoms with E-state index in [-0.39, 0.29) is 17.1 Å². The fraction of sp³-hybridized carbons (Fsp3) is 0.0909. The Morgan fingerprint density at radius 1 is 0.926 bits per heavy atom. The lowest BCUT2D eigenvalue weighted by atomic mass is 10.1. The van der Waals surface area contributed by atoms with Gasteiger partial charge in [0.15, 0.2) is 0 Å². The highest BCUT2D eigenvalue weighted by atomic mass is 32.2. The van der Waals surface area contributed by atoms with Gasteiger partial charge in [-0.05, 0) is 34.7 Å². The van der Waals surface area contributed by atoms with Crippen LogP contribution in [0.5, 0.6) is 0 Å². The Bertz CT molecular complexity index is 1080. The molecule has 1 amide bonds. The number of benzene rings is 2. The minimum Gasteiger partial charge on any atom is -0.317 e. The summed E-state index contributed by atoms with van der Waals surface area (Å²) in [5.41, 5.74) is 3.41. The summed E-state index contributed by atoms with van der Waals surface area (Å²) in [7, 11) is 0. The Kier molecular flexibility index (Phi) is 3.99. The first-order chi connectivity index (χ1) is 13.2. The van der Waals surface area contributed by atoms with Crippen LogP contribution in [0.1, 0.15) is 42.1 Å². The van der Waals surface area contributed by atoms with Gasteiger partial charge in [-0.1, -0.05) is 60.3 Å². The molecule has 0 N–H and O–H groups in total. The number of thiophene rings is 1. The van der Waals surface area contributed by atoms with Gasteiger partial charge in [0.1, 0.15) is 5.37 Å². The Balaban J connectivity index is 1.67. The van der Waals surface area contributed by atoms with E-state index in [0.717, 1.165) is 21.6 Å². The lowest BCUT2D eigenvalue weighted by Crippen LogP contribution is -2.28. The number of amides is 1. The van der Waals surface area contributed by atoms with Gasteiger partial charge >= 0.3 is 0 Å². The number of fused-ring (bicyclic) bond motifs is 4. The van der Waals surface area contributed by atoms with Crippen LogP contribution in [0.25, 0.3) is 6.08 Å². The van der Waals surface area contributed by atoms with Crippen molar-refractivity contribution in [1.82, 2.24) is 4.90 Å². The summed E-state index contributed by atoms with van der Waals surface area (Å²) in [6.45, 7) is 0.475. The zero-order valence-electron chi connectivity index (χ0n) is 14.3. The number of ketones is 1. The van der Waals surface area contributed by atoms with Gasteiger partial charge in [-0.3, -0.25) is 9.59 Å². The first-order valence-electron chi connectivity index (χ1n) is 8.67. The SMILES string of the molecule is O=C1/C(=C/c2ccccc2)S[C@H]2c3ccccc3C(=O)N2Cc2sccc21. The number of allylic oxidation sites excluding steroid dienone is 1. The number of hydrogen-bond donors (Lipinski definition) is 0. The minimum atomic E-state index is -0.178. The van der Waals surface area contributed by atoms with Gasteiger partial charge in [0.05, 0.1) is 11.4 Å². The number of nitrogens with zero attached hydrogens (tertiary/aromatic N) is 1. The van der Waals surface area contributed by atoms with Crippen molar-refractivity contribution in [2.75, 3.05) is 0 Å². The molecular weight excluding hydrogens is 374 g/mol. The van der Waals surface area contributed by atoms with Crippen LogP contribution in [-0.4, -0.2) is 16.6 Å². The highest BCUT2D eigenvalue weighted by Gasteiger charge is 2.40. The van der Waals surface area contributed by atoms with Crippen LogP contribution in [0.3, 0.4) is 0 Å². The predicted molar refractivity (Wildman–Crippen MR) is 110 cm³/mol. The molecule has 0 fully saturated rings. The number of carbonyl (C=O) groups is 2. The van der Waals surface area contributed by atoms with Crippen molar-refractivity contribution in [3.63, 3.8) is 0 Å². The molecule has 2 aromatic carbocycles. The van der Waals surface area contributed by atoms with Crippen LogP contribution < -0.4 is 0 Å². The number of carbonyl (C=O) groups excluding carboxylic acids is 2. The first-order valence-corrected chi connectivity index (χ1v) is 10.4. The molecule has 2 aliphatic rings. The van der Waals surface area contributed by atoms with Crippen LogP contribution >= 0.6 is 23.1 Å². The van der Waals surface area contributed by atoms with Crippen molar-refractivity contribution in [2.45, 2.75) is 11.9 Å². The van der Waals surface area contributed by atoms with Crippen molar-refractivity contribution >= 4 is 40.9 Å². The van der Waals surface area contributed by atoms with Crippen LogP contribution in [0.4, 0.5) is 0 Å². The van der Waals surface area contributed by atoms with E-state index < -0.39 is 0 Å². The molecular formula is C22H15NO2S2. The molecule has 0 saturated heterocycles. The molecule has 1 atom stereocenters. The number of thioether (sulfide) groups is 1. The molecule has 27 heavy (non-hydrogen) atoms. The van der Waals surface area contributed by atoms with E-state index in [1.165, 1.54) is 23.1 Å². The fourth-order valence-electron chi connectivity index (χ4n) is 3.54. The van der Waals surface area contributed by atoms with E-state index in [0.29, 0.717) is 17.0 Å². The van der Waals surface area contributed by atoms with Gasteiger partial charge in [0.2, 0.25) is 5.78 Å². The van der Waals surface area contributed by atoms with Gasteiger partial charge in [0.25, 0.3) is 5.91 Å². The monoisotopic (exact) mass is 389 g/mol. The van der Waals surface area contributed by atoms with Crippen LogP contribution in [-0.2, 0) is 6.54 Å². The molecule has 0 spiro atoms. The summed E-state index contributed by atoms with van der Waals surface area (Å²) >= 11 is 3.01. The van der Waals surface area contributed by atoms with E-state index in [2.05, 4.69) is 0 Å².